The normalized spacial score (nSPS) is 31.2. The van der Waals surface area contributed by atoms with Crippen LogP contribution >= 0.6 is 0 Å². The predicted molar refractivity (Wildman–Crippen MR) is 40.0 cm³/mol. The zero-order valence-electron chi connectivity index (χ0n) is 6.36. The van der Waals surface area contributed by atoms with Crippen LogP contribution in [0, 0.1) is 0 Å². The number of hydrogen-bond acceptors (Lipinski definition) is 2. The van der Waals surface area contributed by atoms with Gasteiger partial charge in [-0.05, 0) is 12.8 Å². The Labute approximate surface area is 61.9 Å². The lowest BCUT2D eigenvalue weighted by molar-refractivity contribution is -0.0603. The summed E-state index contributed by atoms with van der Waals surface area (Å²) < 4.78 is 5.76. The smallest absolute Gasteiger partial charge is 0.0806 e. The second kappa shape index (κ2) is 2.51. The Morgan fingerprint density at radius 2 is 2.00 bits per heavy atom. The molecule has 1 aliphatic heterocycles. The maximum atomic E-state index is 5.76. The Balaban J connectivity index is 1.98. The number of morpholine rings is 1. The van der Waals surface area contributed by atoms with Gasteiger partial charge in [0.05, 0.1) is 12.2 Å². The van der Waals surface area contributed by atoms with Gasteiger partial charge in [-0.2, -0.15) is 0 Å². The van der Waals surface area contributed by atoms with Crippen molar-refractivity contribution in [2.75, 3.05) is 19.7 Å². The quantitative estimate of drug-likeness (QED) is 0.541. The highest BCUT2D eigenvalue weighted by Gasteiger charge is 2.35. The molecule has 1 saturated carbocycles. The SMILES string of the molecule is C1CCC2(C1)CNCCO2. The van der Waals surface area contributed by atoms with Crippen LogP contribution in [0.15, 0.2) is 0 Å². The summed E-state index contributed by atoms with van der Waals surface area (Å²) in [7, 11) is 0. The topological polar surface area (TPSA) is 21.3 Å². The highest BCUT2D eigenvalue weighted by Crippen LogP contribution is 2.33. The molecule has 0 atom stereocenters. The van der Waals surface area contributed by atoms with Crippen molar-refractivity contribution in [2.24, 2.45) is 0 Å². The summed E-state index contributed by atoms with van der Waals surface area (Å²) in [5.74, 6) is 0. The minimum atomic E-state index is 0.262. The Morgan fingerprint density at radius 1 is 1.20 bits per heavy atom. The summed E-state index contributed by atoms with van der Waals surface area (Å²) >= 11 is 0. The Morgan fingerprint density at radius 3 is 2.60 bits per heavy atom. The Bertz CT molecular complexity index is 110. The molecule has 1 saturated heterocycles. The van der Waals surface area contributed by atoms with Gasteiger partial charge in [0.25, 0.3) is 0 Å². The van der Waals surface area contributed by atoms with E-state index in [9.17, 15) is 0 Å². The molecule has 0 aromatic rings. The summed E-state index contributed by atoms with van der Waals surface area (Å²) in [5.41, 5.74) is 0.262. The minimum Gasteiger partial charge on any atom is -0.372 e. The Hall–Kier alpha value is -0.0800. The molecule has 0 aromatic carbocycles. The van der Waals surface area contributed by atoms with Gasteiger partial charge in [0.2, 0.25) is 0 Å². The third-order valence-electron chi connectivity index (χ3n) is 2.65. The third-order valence-corrected chi connectivity index (χ3v) is 2.65. The van der Waals surface area contributed by atoms with E-state index in [1.54, 1.807) is 0 Å². The molecule has 2 heteroatoms. The van der Waals surface area contributed by atoms with E-state index >= 15 is 0 Å². The molecular formula is C8H15NO. The first-order valence-electron chi connectivity index (χ1n) is 4.26. The molecular weight excluding hydrogens is 126 g/mol. The first-order valence-corrected chi connectivity index (χ1v) is 4.26. The largest absolute Gasteiger partial charge is 0.372 e. The summed E-state index contributed by atoms with van der Waals surface area (Å²) in [6, 6.07) is 0. The lowest BCUT2D eigenvalue weighted by Crippen LogP contribution is -2.47. The van der Waals surface area contributed by atoms with Crippen LogP contribution in [0.25, 0.3) is 0 Å². The summed E-state index contributed by atoms with van der Waals surface area (Å²) in [6.07, 6.45) is 5.28. The molecule has 2 nitrogen and oxygen atoms in total. The van der Waals surface area contributed by atoms with Crippen LogP contribution in [0.1, 0.15) is 25.7 Å². The van der Waals surface area contributed by atoms with Gasteiger partial charge in [-0.25, -0.2) is 0 Å². The van der Waals surface area contributed by atoms with Crippen LogP contribution in [-0.2, 0) is 4.74 Å². The first-order chi connectivity index (χ1) is 4.91. The highest BCUT2D eigenvalue weighted by atomic mass is 16.5. The van der Waals surface area contributed by atoms with Gasteiger partial charge in [0.15, 0.2) is 0 Å². The van der Waals surface area contributed by atoms with Gasteiger partial charge < -0.3 is 10.1 Å². The van der Waals surface area contributed by atoms with Crippen molar-refractivity contribution in [3.05, 3.63) is 0 Å². The van der Waals surface area contributed by atoms with E-state index in [1.807, 2.05) is 0 Å². The van der Waals surface area contributed by atoms with Crippen molar-refractivity contribution in [3.8, 4) is 0 Å². The van der Waals surface area contributed by atoms with Crippen molar-refractivity contribution < 1.29 is 4.74 Å². The van der Waals surface area contributed by atoms with Crippen LogP contribution < -0.4 is 5.32 Å². The zero-order chi connectivity index (χ0) is 6.86. The Kier molecular flexibility index (Phi) is 1.66. The number of ether oxygens (including phenoxy) is 1. The first kappa shape index (κ1) is 6.62. The molecule has 2 fully saturated rings. The van der Waals surface area contributed by atoms with E-state index in [0.717, 1.165) is 19.7 Å². The standard InChI is InChI=1S/C8H15NO/c1-2-4-8(3-1)7-9-5-6-10-8/h9H,1-7H2. The van der Waals surface area contributed by atoms with Gasteiger partial charge >= 0.3 is 0 Å². The van der Waals surface area contributed by atoms with Crippen LogP contribution in [0.3, 0.4) is 0 Å². The van der Waals surface area contributed by atoms with Crippen LogP contribution in [0.2, 0.25) is 0 Å². The lowest BCUT2D eigenvalue weighted by Gasteiger charge is -2.33. The molecule has 0 bridgehead atoms. The molecule has 58 valence electrons. The zero-order valence-corrected chi connectivity index (χ0v) is 6.36. The van der Waals surface area contributed by atoms with Crippen molar-refractivity contribution in [3.63, 3.8) is 0 Å². The molecule has 10 heavy (non-hydrogen) atoms. The fraction of sp³-hybridized carbons (Fsp3) is 1.00. The van der Waals surface area contributed by atoms with Crippen LogP contribution in [0.5, 0.6) is 0 Å². The maximum absolute atomic E-state index is 5.76. The van der Waals surface area contributed by atoms with Crippen LogP contribution in [0.4, 0.5) is 0 Å². The fourth-order valence-electron chi connectivity index (χ4n) is 2.05. The molecule has 1 heterocycles. The van der Waals surface area contributed by atoms with Gasteiger partial charge in [-0.3, -0.25) is 0 Å². The molecule has 1 aliphatic carbocycles. The van der Waals surface area contributed by atoms with Crippen molar-refractivity contribution in [1.82, 2.24) is 5.32 Å². The highest BCUT2D eigenvalue weighted by molar-refractivity contribution is 4.90. The number of rotatable bonds is 0. The molecule has 2 rings (SSSR count). The van der Waals surface area contributed by atoms with Crippen LogP contribution in [-0.4, -0.2) is 25.3 Å². The van der Waals surface area contributed by atoms with Crippen molar-refractivity contribution >= 4 is 0 Å². The molecule has 0 unspecified atom stereocenters. The van der Waals surface area contributed by atoms with Crippen molar-refractivity contribution in [1.29, 1.82) is 0 Å². The second-order valence-corrected chi connectivity index (χ2v) is 3.42. The lowest BCUT2D eigenvalue weighted by atomic mass is 10.0. The average Bonchev–Trinajstić information content (AvgIpc) is 2.39. The summed E-state index contributed by atoms with van der Waals surface area (Å²) in [5, 5.41) is 3.39. The monoisotopic (exact) mass is 141 g/mol. The number of hydrogen-bond donors (Lipinski definition) is 1. The molecule has 1 N–H and O–H groups in total. The molecule has 1 spiro atoms. The van der Waals surface area contributed by atoms with Gasteiger partial charge in [-0.1, -0.05) is 12.8 Å². The van der Waals surface area contributed by atoms with Gasteiger partial charge in [0.1, 0.15) is 0 Å². The minimum absolute atomic E-state index is 0.262. The average molecular weight is 141 g/mol. The molecule has 2 aliphatic rings. The number of nitrogens with one attached hydrogen (secondary N) is 1. The van der Waals surface area contributed by atoms with E-state index in [-0.39, 0.29) is 5.60 Å². The van der Waals surface area contributed by atoms with E-state index in [2.05, 4.69) is 5.32 Å². The fourth-order valence-corrected chi connectivity index (χ4v) is 2.05. The molecule has 0 radical (unpaired) electrons. The third kappa shape index (κ3) is 1.06. The van der Waals surface area contributed by atoms with E-state index < -0.39 is 0 Å². The van der Waals surface area contributed by atoms with Gasteiger partial charge in [-0.15, -0.1) is 0 Å². The van der Waals surface area contributed by atoms with Crippen molar-refractivity contribution in [2.45, 2.75) is 31.3 Å². The molecule has 0 amide bonds. The van der Waals surface area contributed by atoms with E-state index in [4.69, 9.17) is 4.74 Å². The molecule has 0 aromatic heterocycles. The predicted octanol–water partition coefficient (Wildman–Crippen LogP) is 0.919. The maximum Gasteiger partial charge on any atom is 0.0806 e. The van der Waals surface area contributed by atoms with E-state index in [0.29, 0.717) is 0 Å². The summed E-state index contributed by atoms with van der Waals surface area (Å²) in [6.45, 7) is 3.05. The van der Waals surface area contributed by atoms with E-state index in [1.165, 1.54) is 25.7 Å². The summed E-state index contributed by atoms with van der Waals surface area (Å²) in [4.78, 5) is 0. The second-order valence-electron chi connectivity index (χ2n) is 3.42. The van der Waals surface area contributed by atoms with Gasteiger partial charge in [0, 0.05) is 13.1 Å².